The van der Waals surface area contributed by atoms with Crippen LogP contribution in [0.25, 0.3) is 0 Å². The zero-order valence-corrected chi connectivity index (χ0v) is 10.3. The lowest BCUT2D eigenvalue weighted by atomic mass is 10.1. The molecule has 108 valence electrons. The fourth-order valence-electron chi connectivity index (χ4n) is 1.64. The summed E-state index contributed by atoms with van der Waals surface area (Å²) >= 11 is 0. The van der Waals surface area contributed by atoms with E-state index in [0.29, 0.717) is 6.42 Å². The van der Waals surface area contributed by atoms with Gasteiger partial charge < -0.3 is 15.4 Å². The number of halogens is 3. The summed E-state index contributed by atoms with van der Waals surface area (Å²) in [5, 5.41) is 12.4. The van der Waals surface area contributed by atoms with Crippen LogP contribution in [0.4, 0.5) is 13.2 Å². The van der Waals surface area contributed by atoms with Crippen LogP contribution >= 0.6 is 0 Å². The van der Waals surface area contributed by atoms with E-state index in [4.69, 9.17) is 15.4 Å². The largest absolute Gasteiger partial charge is 0.508 e. The van der Waals surface area contributed by atoms with Gasteiger partial charge in [0.15, 0.2) is 5.82 Å². The zero-order valence-electron chi connectivity index (χ0n) is 10.3. The standard InChI is InChI=1S/C12H12F3N3O2/c13-12(14,15)6-10-17-11(20-18-10)9(16)5-7-1-3-8(19)4-2-7/h1-4,9,19H,5-6,16H2. The topological polar surface area (TPSA) is 85.2 Å². The van der Waals surface area contributed by atoms with Crippen LogP contribution in [0.5, 0.6) is 5.75 Å². The fourth-order valence-corrected chi connectivity index (χ4v) is 1.64. The van der Waals surface area contributed by atoms with Gasteiger partial charge in [-0.3, -0.25) is 0 Å². The number of nitrogens with zero attached hydrogens (tertiary/aromatic N) is 2. The molecule has 2 aromatic rings. The Kier molecular flexibility index (Phi) is 3.93. The zero-order chi connectivity index (χ0) is 14.8. The van der Waals surface area contributed by atoms with E-state index in [2.05, 4.69) is 10.1 Å². The lowest BCUT2D eigenvalue weighted by Crippen LogP contribution is -2.15. The van der Waals surface area contributed by atoms with Gasteiger partial charge in [-0.25, -0.2) is 0 Å². The van der Waals surface area contributed by atoms with Crippen molar-refractivity contribution < 1.29 is 22.8 Å². The summed E-state index contributed by atoms with van der Waals surface area (Å²) in [6, 6.07) is 5.59. The predicted molar refractivity (Wildman–Crippen MR) is 62.8 cm³/mol. The fraction of sp³-hybridized carbons (Fsp3) is 0.333. The van der Waals surface area contributed by atoms with Crippen LogP contribution in [-0.2, 0) is 12.8 Å². The van der Waals surface area contributed by atoms with E-state index in [1.165, 1.54) is 12.1 Å². The lowest BCUT2D eigenvalue weighted by Gasteiger charge is -2.06. The minimum atomic E-state index is -4.39. The van der Waals surface area contributed by atoms with Crippen LogP contribution in [-0.4, -0.2) is 21.4 Å². The van der Waals surface area contributed by atoms with Gasteiger partial charge in [-0.05, 0) is 24.1 Å². The summed E-state index contributed by atoms with van der Waals surface area (Å²) in [4.78, 5) is 3.64. The monoisotopic (exact) mass is 287 g/mol. The van der Waals surface area contributed by atoms with Crippen molar-refractivity contribution in [3.8, 4) is 5.75 Å². The Morgan fingerprint density at radius 3 is 2.50 bits per heavy atom. The van der Waals surface area contributed by atoms with Crippen molar-refractivity contribution in [3.05, 3.63) is 41.5 Å². The van der Waals surface area contributed by atoms with Crippen molar-refractivity contribution in [1.29, 1.82) is 0 Å². The molecule has 0 aliphatic rings. The van der Waals surface area contributed by atoms with Gasteiger partial charge in [-0.15, -0.1) is 0 Å². The first-order valence-corrected chi connectivity index (χ1v) is 5.76. The second-order valence-electron chi connectivity index (χ2n) is 4.32. The third-order valence-electron chi connectivity index (χ3n) is 2.55. The summed E-state index contributed by atoms with van der Waals surface area (Å²) in [7, 11) is 0. The summed E-state index contributed by atoms with van der Waals surface area (Å²) in [5.41, 5.74) is 6.60. The Hall–Kier alpha value is -2.09. The molecule has 0 saturated heterocycles. The number of phenols is 1. The van der Waals surface area contributed by atoms with Gasteiger partial charge in [0.2, 0.25) is 5.89 Å². The Bertz CT molecular complexity index is 566. The van der Waals surface area contributed by atoms with Gasteiger partial charge in [0.1, 0.15) is 12.2 Å². The van der Waals surface area contributed by atoms with Crippen LogP contribution in [0, 0.1) is 0 Å². The average Bonchev–Trinajstić information content (AvgIpc) is 2.78. The van der Waals surface area contributed by atoms with E-state index in [1.807, 2.05) is 0 Å². The molecule has 0 amide bonds. The molecule has 0 aliphatic heterocycles. The lowest BCUT2D eigenvalue weighted by molar-refractivity contribution is -0.128. The third-order valence-corrected chi connectivity index (χ3v) is 2.55. The van der Waals surface area contributed by atoms with Crippen molar-refractivity contribution in [3.63, 3.8) is 0 Å². The molecular formula is C12H12F3N3O2. The highest BCUT2D eigenvalue weighted by atomic mass is 19.4. The molecule has 0 aliphatic carbocycles. The van der Waals surface area contributed by atoms with Crippen molar-refractivity contribution in [2.45, 2.75) is 25.1 Å². The molecule has 20 heavy (non-hydrogen) atoms. The third kappa shape index (κ3) is 3.95. The van der Waals surface area contributed by atoms with E-state index in [9.17, 15) is 13.2 Å². The van der Waals surface area contributed by atoms with Gasteiger partial charge in [0.25, 0.3) is 0 Å². The predicted octanol–water partition coefficient (Wildman–Crippen LogP) is 2.12. The minimum absolute atomic E-state index is 0.0441. The van der Waals surface area contributed by atoms with Crippen molar-refractivity contribution in [2.75, 3.05) is 0 Å². The smallest absolute Gasteiger partial charge is 0.396 e. The molecule has 0 fully saturated rings. The van der Waals surface area contributed by atoms with Gasteiger partial charge in [-0.1, -0.05) is 17.3 Å². The van der Waals surface area contributed by atoms with Gasteiger partial charge in [-0.2, -0.15) is 18.2 Å². The maximum Gasteiger partial charge on any atom is 0.396 e. The molecular weight excluding hydrogens is 275 g/mol. The molecule has 0 saturated carbocycles. The number of hydrogen-bond donors (Lipinski definition) is 2. The van der Waals surface area contributed by atoms with Crippen LogP contribution in [0.1, 0.15) is 23.3 Å². The Morgan fingerprint density at radius 1 is 1.25 bits per heavy atom. The highest BCUT2D eigenvalue weighted by Gasteiger charge is 2.31. The summed E-state index contributed by atoms with van der Waals surface area (Å²) < 4.78 is 41.2. The first kappa shape index (κ1) is 14.3. The molecule has 3 N–H and O–H groups in total. The quantitative estimate of drug-likeness (QED) is 0.899. The van der Waals surface area contributed by atoms with Crippen molar-refractivity contribution in [1.82, 2.24) is 10.1 Å². The number of benzene rings is 1. The van der Waals surface area contributed by atoms with Gasteiger partial charge in [0, 0.05) is 0 Å². The van der Waals surface area contributed by atoms with E-state index >= 15 is 0 Å². The molecule has 1 atom stereocenters. The number of hydrogen-bond acceptors (Lipinski definition) is 5. The highest BCUT2D eigenvalue weighted by molar-refractivity contribution is 5.26. The normalized spacial score (nSPS) is 13.4. The Balaban J connectivity index is 2.02. The second-order valence-corrected chi connectivity index (χ2v) is 4.32. The number of phenolic OH excluding ortho intramolecular Hbond substituents is 1. The van der Waals surface area contributed by atoms with Crippen LogP contribution in [0.3, 0.4) is 0 Å². The van der Waals surface area contributed by atoms with Crippen LogP contribution in [0.15, 0.2) is 28.8 Å². The second kappa shape index (κ2) is 5.49. The highest BCUT2D eigenvalue weighted by Crippen LogP contribution is 2.21. The number of aromatic hydroxyl groups is 1. The summed E-state index contributed by atoms with van der Waals surface area (Å²) in [5.74, 6) is -0.362. The Morgan fingerprint density at radius 2 is 1.90 bits per heavy atom. The van der Waals surface area contributed by atoms with E-state index < -0.39 is 24.5 Å². The van der Waals surface area contributed by atoms with E-state index in [1.54, 1.807) is 12.1 Å². The number of aromatic nitrogens is 2. The molecule has 1 heterocycles. The molecule has 0 spiro atoms. The first-order valence-electron chi connectivity index (χ1n) is 5.76. The maximum absolute atomic E-state index is 12.2. The SMILES string of the molecule is NC(Cc1ccc(O)cc1)c1nc(CC(F)(F)F)no1. The maximum atomic E-state index is 12.2. The molecule has 2 rings (SSSR count). The average molecular weight is 287 g/mol. The summed E-state index contributed by atoms with van der Waals surface area (Å²) in [6.07, 6.45) is -5.32. The molecule has 5 nitrogen and oxygen atoms in total. The molecule has 1 aromatic carbocycles. The molecule has 1 unspecified atom stereocenters. The number of rotatable bonds is 4. The van der Waals surface area contributed by atoms with Crippen LogP contribution < -0.4 is 5.73 Å². The van der Waals surface area contributed by atoms with Gasteiger partial charge >= 0.3 is 6.18 Å². The Labute approximate surface area is 112 Å². The first-order chi connectivity index (χ1) is 9.33. The summed E-state index contributed by atoms with van der Waals surface area (Å²) in [6.45, 7) is 0. The molecule has 0 radical (unpaired) electrons. The van der Waals surface area contributed by atoms with Crippen molar-refractivity contribution >= 4 is 0 Å². The van der Waals surface area contributed by atoms with Crippen molar-refractivity contribution in [2.24, 2.45) is 5.73 Å². The molecule has 8 heteroatoms. The minimum Gasteiger partial charge on any atom is -0.508 e. The number of alkyl halides is 3. The van der Waals surface area contributed by atoms with E-state index in [0.717, 1.165) is 5.56 Å². The molecule has 0 bridgehead atoms. The number of nitrogens with two attached hydrogens (primary N) is 1. The van der Waals surface area contributed by atoms with Crippen LogP contribution in [0.2, 0.25) is 0 Å². The van der Waals surface area contributed by atoms with Gasteiger partial charge in [0.05, 0.1) is 6.04 Å². The molecule has 1 aromatic heterocycles. The van der Waals surface area contributed by atoms with E-state index in [-0.39, 0.29) is 11.6 Å².